The molecule has 2 N–H and O–H groups in total. The van der Waals surface area contributed by atoms with Crippen LogP contribution in [0.25, 0.3) is 0 Å². The highest BCUT2D eigenvalue weighted by Gasteiger charge is 2.26. The number of carboxylic acids is 1. The summed E-state index contributed by atoms with van der Waals surface area (Å²) in [6, 6.07) is 0. The number of aryl methyl sites for hydroxylation is 1. The van der Waals surface area contributed by atoms with E-state index in [4.69, 9.17) is 5.11 Å². The molecule has 2 atom stereocenters. The van der Waals surface area contributed by atoms with Gasteiger partial charge in [-0.15, -0.1) is 0 Å². The average molecular weight is 243 g/mol. The van der Waals surface area contributed by atoms with Crippen LogP contribution in [-0.2, 0) is 9.59 Å². The number of nitrogens with one attached hydrogen (secondary N) is 1. The molecular weight excluding hydrogens is 230 g/mol. The summed E-state index contributed by atoms with van der Waals surface area (Å²) in [5.41, 5.74) is 0. The fraction of sp³-hybridized carbons (Fsp3) is 0.556. The molecule has 0 aromatic carbocycles. The summed E-state index contributed by atoms with van der Waals surface area (Å²) >= 11 is 1.07. The Labute approximate surface area is 96.9 Å². The van der Waals surface area contributed by atoms with Crippen molar-refractivity contribution in [2.24, 2.45) is 11.8 Å². The molecule has 0 spiro atoms. The fourth-order valence-corrected chi connectivity index (χ4v) is 1.59. The SMILES string of the molecule is Cc1nsc(NC(=O)C(C)C(C)C(=O)O)n1. The number of hydrogen-bond donors (Lipinski definition) is 2. The molecule has 1 rings (SSSR count). The number of anilines is 1. The van der Waals surface area contributed by atoms with E-state index in [0.29, 0.717) is 11.0 Å². The summed E-state index contributed by atoms with van der Waals surface area (Å²) in [7, 11) is 0. The third kappa shape index (κ3) is 2.99. The zero-order chi connectivity index (χ0) is 12.3. The maximum absolute atomic E-state index is 11.6. The molecule has 7 heteroatoms. The lowest BCUT2D eigenvalue weighted by atomic mass is 9.95. The lowest BCUT2D eigenvalue weighted by Gasteiger charge is -2.14. The molecule has 16 heavy (non-hydrogen) atoms. The first kappa shape index (κ1) is 12.6. The first-order chi connectivity index (χ1) is 7.41. The number of carbonyl (C=O) groups excluding carboxylic acids is 1. The van der Waals surface area contributed by atoms with E-state index in [9.17, 15) is 9.59 Å². The molecule has 0 saturated heterocycles. The number of aliphatic carboxylic acids is 1. The molecule has 0 saturated carbocycles. The lowest BCUT2D eigenvalue weighted by Crippen LogP contribution is -2.29. The van der Waals surface area contributed by atoms with Crippen LogP contribution in [0.15, 0.2) is 0 Å². The van der Waals surface area contributed by atoms with Crippen molar-refractivity contribution >= 4 is 28.5 Å². The van der Waals surface area contributed by atoms with Gasteiger partial charge in [0.25, 0.3) is 0 Å². The number of carboxylic acid groups (broad SMARTS) is 1. The van der Waals surface area contributed by atoms with Crippen LogP contribution >= 0.6 is 11.5 Å². The van der Waals surface area contributed by atoms with Crippen molar-refractivity contribution in [1.82, 2.24) is 9.36 Å². The molecule has 2 unspecified atom stereocenters. The van der Waals surface area contributed by atoms with Gasteiger partial charge in [0, 0.05) is 17.5 Å². The van der Waals surface area contributed by atoms with Gasteiger partial charge in [-0.2, -0.15) is 4.37 Å². The molecule has 1 amide bonds. The van der Waals surface area contributed by atoms with Crippen molar-refractivity contribution in [2.75, 3.05) is 5.32 Å². The van der Waals surface area contributed by atoms with Gasteiger partial charge in [-0.3, -0.25) is 9.59 Å². The molecule has 88 valence electrons. The second-order valence-corrected chi connectivity index (χ2v) is 4.30. The lowest BCUT2D eigenvalue weighted by molar-refractivity contribution is -0.145. The van der Waals surface area contributed by atoms with Gasteiger partial charge in [-0.1, -0.05) is 13.8 Å². The Morgan fingerprint density at radius 2 is 2.00 bits per heavy atom. The van der Waals surface area contributed by atoms with Crippen molar-refractivity contribution in [1.29, 1.82) is 0 Å². The van der Waals surface area contributed by atoms with Gasteiger partial charge in [0.05, 0.1) is 5.92 Å². The van der Waals surface area contributed by atoms with E-state index in [2.05, 4.69) is 14.7 Å². The van der Waals surface area contributed by atoms with Crippen LogP contribution in [0.5, 0.6) is 0 Å². The maximum atomic E-state index is 11.6. The number of hydrogen-bond acceptors (Lipinski definition) is 5. The number of rotatable bonds is 4. The van der Waals surface area contributed by atoms with Gasteiger partial charge in [-0.25, -0.2) is 4.98 Å². The quantitative estimate of drug-likeness (QED) is 0.827. The summed E-state index contributed by atoms with van der Waals surface area (Å²) in [6.07, 6.45) is 0. The van der Waals surface area contributed by atoms with Crippen LogP contribution < -0.4 is 5.32 Å². The van der Waals surface area contributed by atoms with E-state index in [1.54, 1.807) is 13.8 Å². The van der Waals surface area contributed by atoms with Crippen LogP contribution in [-0.4, -0.2) is 26.3 Å². The Bertz CT molecular complexity index is 404. The molecule has 0 radical (unpaired) electrons. The summed E-state index contributed by atoms with van der Waals surface area (Å²) in [6.45, 7) is 4.79. The molecule has 0 aliphatic carbocycles. The topological polar surface area (TPSA) is 92.2 Å². The van der Waals surface area contributed by atoms with E-state index >= 15 is 0 Å². The van der Waals surface area contributed by atoms with E-state index in [0.717, 1.165) is 11.5 Å². The van der Waals surface area contributed by atoms with Crippen molar-refractivity contribution in [3.05, 3.63) is 5.82 Å². The second-order valence-electron chi connectivity index (χ2n) is 3.55. The largest absolute Gasteiger partial charge is 0.481 e. The summed E-state index contributed by atoms with van der Waals surface area (Å²) in [4.78, 5) is 26.3. The Morgan fingerprint density at radius 3 is 2.44 bits per heavy atom. The van der Waals surface area contributed by atoms with Gasteiger partial charge in [0.1, 0.15) is 5.82 Å². The fourth-order valence-electron chi connectivity index (χ4n) is 1.01. The predicted octanol–water partition coefficient (Wildman–Crippen LogP) is 1.14. The van der Waals surface area contributed by atoms with Crippen molar-refractivity contribution in [3.8, 4) is 0 Å². The third-order valence-corrected chi connectivity index (χ3v) is 3.03. The predicted molar refractivity (Wildman–Crippen MR) is 59.2 cm³/mol. The summed E-state index contributed by atoms with van der Waals surface area (Å²) in [5, 5.41) is 11.7. The minimum atomic E-state index is -0.990. The number of aromatic nitrogens is 2. The van der Waals surface area contributed by atoms with E-state index in [1.807, 2.05) is 0 Å². The Hall–Kier alpha value is -1.50. The molecule has 1 aromatic rings. The number of nitrogens with zero attached hydrogens (tertiary/aromatic N) is 2. The highest BCUT2D eigenvalue weighted by Crippen LogP contribution is 2.16. The molecule has 1 aromatic heterocycles. The number of carbonyl (C=O) groups is 2. The van der Waals surface area contributed by atoms with E-state index in [1.165, 1.54) is 6.92 Å². The van der Waals surface area contributed by atoms with Crippen LogP contribution in [0.1, 0.15) is 19.7 Å². The zero-order valence-corrected chi connectivity index (χ0v) is 10.0. The second kappa shape index (κ2) is 5.02. The minimum Gasteiger partial charge on any atom is -0.481 e. The van der Waals surface area contributed by atoms with Gasteiger partial charge >= 0.3 is 5.97 Å². The molecule has 0 bridgehead atoms. The minimum absolute atomic E-state index is 0.356. The zero-order valence-electron chi connectivity index (χ0n) is 9.22. The standard InChI is InChI=1S/C9H13N3O3S/c1-4(5(2)8(14)15)7(13)11-9-10-6(3)12-16-9/h4-5H,1-3H3,(H,14,15)(H,10,11,12,13). The first-order valence-electron chi connectivity index (χ1n) is 4.75. The summed E-state index contributed by atoms with van der Waals surface area (Å²) in [5.74, 6) is -2.10. The van der Waals surface area contributed by atoms with Gasteiger partial charge in [0.15, 0.2) is 0 Å². The van der Waals surface area contributed by atoms with Crippen LogP contribution in [0.3, 0.4) is 0 Å². The van der Waals surface area contributed by atoms with Crippen molar-refractivity contribution < 1.29 is 14.7 Å². The first-order valence-corrected chi connectivity index (χ1v) is 5.53. The molecule has 1 heterocycles. The Morgan fingerprint density at radius 1 is 1.38 bits per heavy atom. The molecule has 0 fully saturated rings. The molecular formula is C9H13N3O3S. The van der Waals surface area contributed by atoms with Crippen molar-refractivity contribution in [2.45, 2.75) is 20.8 Å². The molecule has 0 aliphatic rings. The van der Waals surface area contributed by atoms with E-state index in [-0.39, 0.29) is 5.91 Å². The van der Waals surface area contributed by atoms with Gasteiger partial charge in [-0.05, 0) is 6.92 Å². The molecule has 0 aliphatic heterocycles. The smallest absolute Gasteiger partial charge is 0.307 e. The molecule has 6 nitrogen and oxygen atoms in total. The third-order valence-electron chi connectivity index (χ3n) is 2.31. The van der Waals surface area contributed by atoms with Gasteiger partial charge in [0.2, 0.25) is 11.0 Å². The Balaban J connectivity index is 2.62. The van der Waals surface area contributed by atoms with Crippen LogP contribution in [0, 0.1) is 18.8 Å². The van der Waals surface area contributed by atoms with Crippen LogP contribution in [0.2, 0.25) is 0 Å². The average Bonchev–Trinajstić information content (AvgIpc) is 2.61. The highest BCUT2D eigenvalue weighted by molar-refractivity contribution is 7.09. The number of amides is 1. The summed E-state index contributed by atoms with van der Waals surface area (Å²) < 4.78 is 3.91. The maximum Gasteiger partial charge on any atom is 0.307 e. The van der Waals surface area contributed by atoms with Crippen molar-refractivity contribution in [3.63, 3.8) is 0 Å². The highest BCUT2D eigenvalue weighted by atomic mass is 32.1. The normalized spacial score (nSPS) is 14.2. The monoisotopic (exact) mass is 243 g/mol. The van der Waals surface area contributed by atoms with Gasteiger partial charge < -0.3 is 10.4 Å². The Kier molecular flexibility index (Phi) is 3.94. The van der Waals surface area contributed by atoms with Crippen LogP contribution in [0.4, 0.5) is 5.13 Å². The van der Waals surface area contributed by atoms with E-state index < -0.39 is 17.8 Å².